The zero-order chi connectivity index (χ0) is 13.7. The van der Waals surface area contributed by atoms with Gasteiger partial charge < -0.3 is 4.74 Å². The summed E-state index contributed by atoms with van der Waals surface area (Å²) in [7, 11) is 0. The smallest absolute Gasteiger partial charge is 0.0606 e. The molecule has 0 rings (SSSR count). The number of halogens is 1. The van der Waals surface area contributed by atoms with Crippen molar-refractivity contribution in [2.75, 3.05) is 13.2 Å². The lowest BCUT2D eigenvalue weighted by atomic mass is 9.82. The Balaban J connectivity index is 3.75. The van der Waals surface area contributed by atoms with Crippen LogP contribution >= 0.6 is 22.6 Å². The van der Waals surface area contributed by atoms with Crippen LogP contribution in [0.4, 0.5) is 0 Å². The van der Waals surface area contributed by atoms with Crippen LogP contribution in [0, 0.1) is 17.3 Å². The molecule has 0 amide bonds. The minimum Gasteiger partial charge on any atom is -0.380 e. The zero-order valence-corrected chi connectivity index (χ0v) is 14.9. The minimum absolute atomic E-state index is 0.258. The van der Waals surface area contributed by atoms with E-state index in [1.54, 1.807) is 0 Å². The Bertz CT molecular complexity index is 200. The fourth-order valence-corrected chi connectivity index (χ4v) is 2.61. The van der Waals surface area contributed by atoms with Crippen molar-refractivity contribution in [2.24, 2.45) is 17.3 Å². The Morgan fingerprint density at radius 2 is 1.53 bits per heavy atom. The van der Waals surface area contributed by atoms with Crippen LogP contribution in [0.2, 0.25) is 0 Å². The van der Waals surface area contributed by atoms with E-state index in [0.29, 0.717) is 11.3 Å². The van der Waals surface area contributed by atoms with Gasteiger partial charge in [-0.25, -0.2) is 0 Å². The van der Waals surface area contributed by atoms with Crippen molar-refractivity contribution in [3.63, 3.8) is 0 Å². The lowest BCUT2D eigenvalue weighted by molar-refractivity contribution is 0.0856. The third kappa shape index (κ3) is 12.9. The summed E-state index contributed by atoms with van der Waals surface area (Å²) < 4.78 is 6.04. The second-order valence-corrected chi connectivity index (χ2v) is 10.4. The summed E-state index contributed by atoms with van der Waals surface area (Å²) in [4.78, 5) is 0. The predicted octanol–water partition coefficient (Wildman–Crippen LogP) is 5.32. The molecule has 0 radical (unpaired) electrons. The van der Waals surface area contributed by atoms with Gasteiger partial charge in [0.05, 0.1) is 6.61 Å². The minimum atomic E-state index is 0.258. The van der Waals surface area contributed by atoms with Crippen LogP contribution in [0.5, 0.6) is 0 Å². The van der Waals surface area contributed by atoms with Gasteiger partial charge in [0.2, 0.25) is 0 Å². The second kappa shape index (κ2) is 7.32. The molecule has 2 unspecified atom stereocenters. The molecule has 0 heterocycles. The molecule has 0 bridgehead atoms. The molecule has 0 fully saturated rings. The first-order valence-electron chi connectivity index (χ1n) is 6.76. The monoisotopic (exact) mass is 354 g/mol. The molecule has 104 valence electrons. The van der Waals surface area contributed by atoms with Crippen molar-refractivity contribution in [2.45, 2.75) is 64.7 Å². The Morgan fingerprint density at radius 1 is 1.00 bits per heavy atom. The van der Waals surface area contributed by atoms with Crippen molar-refractivity contribution in [1.82, 2.24) is 0 Å². The maximum Gasteiger partial charge on any atom is 0.0606 e. The lowest BCUT2D eigenvalue weighted by Crippen LogP contribution is -2.21. The normalized spacial score (nSPS) is 16.9. The molecule has 0 aliphatic heterocycles. The molecule has 0 aromatic heterocycles. The summed E-state index contributed by atoms with van der Waals surface area (Å²) in [6.45, 7) is 17.8. The highest BCUT2D eigenvalue weighted by Crippen LogP contribution is 2.28. The van der Waals surface area contributed by atoms with Crippen LogP contribution < -0.4 is 0 Å². The fourth-order valence-electron chi connectivity index (χ4n) is 2.39. The zero-order valence-electron chi connectivity index (χ0n) is 12.8. The SMILES string of the molecule is CC(COCC(C)(C)I)CC(C)CC(C)(C)C. The number of hydrogen-bond acceptors (Lipinski definition) is 1. The topological polar surface area (TPSA) is 9.23 Å². The summed E-state index contributed by atoms with van der Waals surface area (Å²) in [5.41, 5.74) is 0.449. The molecule has 0 saturated heterocycles. The van der Waals surface area contributed by atoms with Crippen LogP contribution in [-0.2, 0) is 4.74 Å². The lowest BCUT2D eigenvalue weighted by Gasteiger charge is -2.25. The van der Waals surface area contributed by atoms with Crippen LogP contribution in [0.1, 0.15) is 61.3 Å². The highest BCUT2D eigenvalue weighted by Gasteiger charge is 2.18. The fraction of sp³-hybridized carbons (Fsp3) is 1.00. The van der Waals surface area contributed by atoms with Crippen LogP contribution in [0.25, 0.3) is 0 Å². The van der Waals surface area contributed by atoms with Crippen molar-refractivity contribution >= 4 is 22.6 Å². The molecule has 0 aromatic carbocycles. The van der Waals surface area contributed by atoms with Gasteiger partial charge in [-0.2, -0.15) is 0 Å². The third-order valence-electron chi connectivity index (χ3n) is 2.61. The predicted molar refractivity (Wildman–Crippen MR) is 85.9 cm³/mol. The molecule has 0 spiro atoms. The second-order valence-electron chi connectivity index (χ2n) is 7.44. The Morgan fingerprint density at radius 3 is 1.94 bits per heavy atom. The number of alkyl halides is 1. The third-order valence-corrected chi connectivity index (χ3v) is 2.92. The van der Waals surface area contributed by atoms with Gasteiger partial charge in [0.25, 0.3) is 0 Å². The van der Waals surface area contributed by atoms with Gasteiger partial charge in [0.1, 0.15) is 0 Å². The van der Waals surface area contributed by atoms with Crippen molar-refractivity contribution in [3.05, 3.63) is 0 Å². The first-order valence-corrected chi connectivity index (χ1v) is 7.84. The molecule has 1 nitrogen and oxygen atoms in total. The van der Waals surface area contributed by atoms with E-state index in [-0.39, 0.29) is 3.42 Å². The maximum absolute atomic E-state index is 5.78. The van der Waals surface area contributed by atoms with Gasteiger partial charge in [-0.1, -0.05) is 57.2 Å². The van der Waals surface area contributed by atoms with E-state index in [1.807, 2.05) is 0 Å². The van der Waals surface area contributed by atoms with Gasteiger partial charge >= 0.3 is 0 Å². The van der Waals surface area contributed by atoms with E-state index < -0.39 is 0 Å². The molecule has 2 heteroatoms. The Labute approximate surface area is 122 Å². The number of rotatable bonds is 7. The van der Waals surface area contributed by atoms with Crippen molar-refractivity contribution in [3.8, 4) is 0 Å². The van der Waals surface area contributed by atoms with Gasteiger partial charge in [0, 0.05) is 10.0 Å². The van der Waals surface area contributed by atoms with Crippen LogP contribution in [0.15, 0.2) is 0 Å². The first kappa shape index (κ1) is 17.7. The van der Waals surface area contributed by atoms with E-state index in [2.05, 4.69) is 71.1 Å². The summed E-state index contributed by atoms with van der Waals surface area (Å²) in [6, 6.07) is 0. The number of hydrogen-bond donors (Lipinski definition) is 0. The quantitative estimate of drug-likeness (QED) is 0.444. The maximum atomic E-state index is 5.78. The first-order chi connectivity index (χ1) is 7.49. The molecule has 17 heavy (non-hydrogen) atoms. The van der Waals surface area contributed by atoms with E-state index in [9.17, 15) is 0 Å². The molecule has 0 aliphatic rings. The van der Waals surface area contributed by atoms with Crippen molar-refractivity contribution < 1.29 is 4.74 Å². The standard InChI is InChI=1S/C15H31IO/c1-12(9-14(3,4)5)8-13(2)10-17-11-15(6,7)16/h12-13H,8-11H2,1-7H3. The molecule has 0 aromatic rings. The van der Waals surface area contributed by atoms with Crippen LogP contribution in [-0.4, -0.2) is 16.6 Å². The van der Waals surface area contributed by atoms with Crippen molar-refractivity contribution in [1.29, 1.82) is 0 Å². The average Bonchev–Trinajstić information content (AvgIpc) is 1.96. The van der Waals surface area contributed by atoms with Gasteiger partial charge in [-0.15, -0.1) is 0 Å². The highest BCUT2D eigenvalue weighted by molar-refractivity contribution is 14.1. The van der Waals surface area contributed by atoms with Gasteiger partial charge in [-0.3, -0.25) is 0 Å². The van der Waals surface area contributed by atoms with E-state index >= 15 is 0 Å². The molecule has 0 saturated carbocycles. The highest BCUT2D eigenvalue weighted by atomic mass is 127. The summed E-state index contributed by atoms with van der Waals surface area (Å²) >= 11 is 2.44. The molecule has 0 N–H and O–H groups in total. The van der Waals surface area contributed by atoms with E-state index in [1.165, 1.54) is 12.8 Å². The van der Waals surface area contributed by atoms with Gasteiger partial charge in [0.15, 0.2) is 0 Å². The average molecular weight is 354 g/mol. The molecule has 0 aliphatic carbocycles. The van der Waals surface area contributed by atoms with E-state index in [4.69, 9.17) is 4.74 Å². The summed E-state index contributed by atoms with van der Waals surface area (Å²) in [5, 5.41) is 0. The summed E-state index contributed by atoms with van der Waals surface area (Å²) in [6.07, 6.45) is 2.58. The molecular formula is C15H31IO. The molecular weight excluding hydrogens is 323 g/mol. The Kier molecular flexibility index (Phi) is 7.62. The van der Waals surface area contributed by atoms with E-state index in [0.717, 1.165) is 19.1 Å². The Hall–Kier alpha value is 0.690. The number of ether oxygens (including phenoxy) is 1. The largest absolute Gasteiger partial charge is 0.380 e. The van der Waals surface area contributed by atoms with Crippen LogP contribution in [0.3, 0.4) is 0 Å². The van der Waals surface area contributed by atoms with Gasteiger partial charge in [-0.05, 0) is 43.9 Å². The summed E-state index contributed by atoms with van der Waals surface area (Å²) in [5.74, 6) is 1.47. The molecule has 2 atom stereocenters.